The topological polar surface area (TPSA) is 86.9 Å². The highest BCUT2D eigenvalue weighted by atomic mass is 32.2. The van der Waals surface area contributed by atoms with Crippen molar-refractivity contribution in [2.24, 2.45) is 0 Å². The van der Waals surface area contributed by atoms with E-state index in [0.717, 1.165) is 17.8 Å². The van der Waals surface area contributed by atoms with Crippen LogP contribution in [-0.2, 0) is 16.1 Å². The Kier molecular flexibility index (Phi) is 4.61. The van der Waals surface area contributed by atoms with Gasteiger partial charge in [-0.25, -0.2) is 9.48 Å². The average Bonchev–Trinajstić information content (AvgIpc) is 3.25. The molecule has 1 aliphatic rings. The Hall–Kier alpha value is -2.29. The van der Waals surface area contributed by atoms with Gasteiger partial charge in [-0.2, -0.15) is 10.1 Å². The maximum absolute atomic E-state index is 12.5. The number of carbonyl (C=O) groups excluding carboxylic acids is 1. The third-order valence-corrected chi connectivity index (χ3v) is 4.49. The summed E-state index contributed by atoms with van der Waals surface area (Å²) in [5.74, 6) is 0.249. The van der Waals surface area contributed by atoms with Gasteiger partial charge in [-0.15, -0.1) is 5.10 Å². The first-order valence-electron chi connectivity index (χ1n) is 7.74. The minimum Gasteiger partial charge on any atom is -0.466 e. The van der Waals surface area contributed by atoms with E-state index in [1.54, 1.807) is 10.9 Å². The van der Waals surface area contributed by atoms with Gasteiger partial charge in [0.1, 0.15) is 6.04 Å². The van der Waals surface area contributed by atoms with Crippen molar-refractivity contribution in [3.63, 3.8) is 0 Å². The molecular weight excluding hydrogens is 328 g/mol. The number of esters is 1. The van der Waals surface area contributed by atoms with Crippen LogP contribution in [0.25, 0.3) is 0 Å². The third-order valence-electron chi connectivity index (χ3n) is 3.95. The summed E-state index contributed by atoms with van der Waals surface area (Å²) in [4.78, 5) is 16.9. The molecule has 0 radical (unpaired) electrons. The van der Waals surface area contributed by atoms with Crippen molar-refractivity contribution in [1.82, 2.24) is 24.5 Å². The van der Waals surface area contributed by atoms with Gasteiger partial charge in [-0.1, -0.05) is 18.7 Å². The van der Waals surface area contributed by atoms with E-state index in [2.05, 4.69) is 20.5 Å². The molecule has 0 aliphatic carbocycles. The van der Waals surface area contributed by atoms with Crippen molar-refractivity contribution in [2.75, 3.05) is 18.7 Å². The van der Waals surface area contributed by atoms with Crippen molar-refractivity contribution in [2.45, 2.75) is 38.0 Å². The predicted octanol–water partition coefficient (Wildman–Crippen LogP) is 2.07. The number of fused-ring (bicyclic) bond motifs is 1. The molecule has 128 valence electrons. The van der Waals surface area contributed by atoms with Gasteiger partial charge in [0.15, 0.2) is 0 Å². The molecule has 0 aromatic carbocycles. The Morgan fingerprint density at radius 2 is 2.25 bits per heavy atom. The van der Waals surface area contributed by atoms with Crippen molar-refractivity contribution in [3.05, 3.63) is 29.2 Å². The van der Waals surface area contributed by atoms with Gasteiger partial charge in [-0.05, 0) is 19.6 Å². The summed E-state index contributed by atoms with van der Waals surface area (Å²) in [6.07, 6.45) is 6.27. The molecule has 0 spiro atoms. The van der Waals surface area contributed by atoms with Crippen LogP contribution >= 0.6 is 11.8 Å². The molecule has 2 aromatic rings. The van der Waals surface area contributed by atoms with Crippen molar-refractivity contribution in [3.8, 4) is 0 Å². The molecule has 0 unspecified atom stereocenters. The number of nitrogens with one attached hydrogen (secondary N) is 1. The van der Waals surface area contributed by atoms with E-state index in [-0.39, 0.29) is 5.97 Å². The molecule has 8 nitrogen and oxygen atoms in total. The monoisotopic (exact) mass is 348 g/mol. The van der Waals surface area contributed by atoms with Crippen LogP contribution in [0.3, 0.4) is 0 Å². The van der Waals surface area contributed by atoms with Crippen LogP contribution in [0.4, 0.5) is 5.95 Å². The maximum Gasteiger partial charge on any atom is 0.338 e. The summed E-state index contributed by atoms with van der Waals surface area (Å²) in [6, 6.07) is -0.405. The van der Waals surface area contributed by atoms with E-state index in [0.29, 0.717) is 23.1 Å². The first-order chi connectivity index (χ1) is 11.6. The Bertz CT molecular complexity index is 794. The average molecular weight is 348 g/mol. The SMILES string of the molecule is CCC1=C(C(=O)OC)[C@H](c2cnn(CC)c2)n2nc(SC)nc2N1. The number of allylic oxidation sites excluding steroid dienone is 1. The van der Waals surface area contributed by atoms with Crippen LogP contribution in [0.15, 0.2) is 28.8 Å². The number of hydrogen-bond acceptors (Lipinski definition) is 7. The number of rotatable bonds is 5. The number of carbonyl (C=O) groups is 1. The lowest BCUT2D eigenvalue weighted by Crippen LogP contribution is -2.29. The van der Waals surface area contributed by atoms with Crippen LogP contribution in [0.1, 0.15) is 31.9 Å². The molecule has 0 saturated heterocycles. The van der Waals surface area contributed by atoms with Gasteiger partial charge in [0, 0.05) is 24.0 Å². The summed E-state index contributed by atoms with van der Waals surface area (Å²) < 4.78 is 8.58. The Morgan fingerprint density at radius 3 is 2.83 bits per heavy atom. The highest BCUT2D eigenvalue weighted by Gasteiger charge is 2.36. The number of aryl methyl sites for hydroxylation is 1. The van der Waals surface area contributed by atoms with E-state index >= 15 is 0 Å². The Morgan fingerprint density at radius 1 is 1.46 bits per heavy atom. The molecule has 0 fully saturated rings. The second-order valence-corrected chi connectivity index (χ2v) is 6.03. The first kappa shape index (κ1) is 16.6. The predicted molar refractivity (Wildman–Crippen MR) is 90.8 cm³/mol. The van der Waals surface area contributed by atoms with E-state index in [1.807, 2.05) is 31.0 Å². The minimum absolute atomic E-state index is 0.375. The second kappa shape index (κ2) is 6.68. The molecule has 1 N–H and O–H groups in total. The number of methoxy groups -OCH3 is 1. The number of hydrogen-bond donors (Lipinski definition) is 1. The second-order valence-electron chi connectivity index (χ2n) is 5.26. The smallest absolute Gasteiger partial charge is 0.338 e. The zero-order valence-electron chi connectivity index (χ0n) is 14.1. The summed E-state index contributed by atoms with van der Waals surface area (Å²) in [7, 11) is 1.39. The highest BCUT2D eigenvalue weighted by molar-refractivity contribution is 7.98. The molecule has 2 aromatic heterocycles. The number of thioether (sulfide) groups is 1. The fraction of sp³-hybridized carbons (Fsp3) is 0.467. The van der Waals surface area contributed by atoms with Crippen molar-refractivity contribution in [1.29, 1.82) is 0 Å². The normalized spacial score (nSPS) is 16.8. The molecule has 1 atom stereocenters. The zero-order valence-corrected chi connectivity index (χ0v) is 14.9. The maximum atomic E-state index is 12.5. The minimum atomic E-state index is -0.405. The van der Waals surface area contributed by atoms with Crippen LogP contribution in [0.2, 0.25) is 0 Å². The standard InChI is InChI=1S/C15H20N6O2S/c1-5-10-11(13(22)23-3)12(9-7-16-20(6-2)8-9)21-14(17-10)18-15(19-21)24-4/h7-8,12H,5-6H2,1-4H3,(H,17,18,19)/t12-/m0/s1. The largest absolute Gasteiger partial charge is 0.466 e. The van der Waals surface area contributed by atoms with Crippen LogP contribution in [0, 0.1) is 0 Å². The summed E-state index contributed by atoms with van der Waals surface area (Å²) in [6.45, 7) is 4.75. The lowest BCUT2D eigenvalue weighted by atomic mass is 9.97. The summed E-state index contributed by atoms with van der Waals surface area (Å²) >= 11 is 1.45. The quantitative estimate of drug-likeness (QED) is 0.654. The van der Waals surface area contributed by atoms with E-state index < -0.39 is 6.04 Å². The van der Waals surface area contributed by atoms with Crippen LogP contribution in [0.5, 0.6) is 0 Å². The van der Waals surface area contributed by atoms with E-state index in [1.165, 1.54) is 18.9 Å². The van der Waals surface area contributed by atoms with Gasteiger partial charge in [0.2, 0.25) is 11.1 Å². The van der Waals surface area contributed by atoms with Crippen LogP contribution < -0.4 is 5.32 Å². The lowest BCUT2D eigenvalue weighted by Gasteiger charge is -2.27. The molecule has 0 amide bonds. The van der Waals surface area contributed by atoms with Gasteiger partial charge in [-0.3, -0.25) is 4.68 Å². The zero-order chi connectivity index (χ0) is 17.3. The number of nitrogens with zero attached hydrogens (tertiary/aromatic N) is 5. The fourth-order valence-corrected chi connectivity index (χ4v) is 3.12. The number of aromatic nitrogens is 5. The molecular formula is C15H20N6O2S. The molecule has 0 bridgehead atoms. The Labute approximate surface area is 144 Å². The summed E-state index contributed by atoms with van der Waals surface area (Å²) in [5, 5.41) is 12.7. The molecule has 3 rings (SSSR count). The number of anilines is 1. The fourth-order valence-electron chi connectivity index (χ4n) is 2.77. The molecule has 9 heteroatoms. The van der Waals surface area contributed by atoms with Gasteiger partial charge in [0.05, 0.1) is 18.9 Å². The Balaban J connectivity index is 2.19. The van der Waals surface area contributed by atoms with E-state index in [4.69, 9.17) is 4.74 Å². The van der Waals surface area contributed by atoms with Crippen molar-refractivity contribution >= 4 is 23.7 Å². The molecule has 3 heterocycles. The van der Waals surface area contributed by atoms with Gasteiger partial charge in [0.25, 0.3) is 0 Å². The molecule has 1 aliphatic heterocycles. The van der Waals surface area contributed by atoms with Crippen molar-refractivity contribution < 1.29 is 9.53 Å². The third kappa shape index (κ3) is 2.68. The first-order valence-corrected chi connectivity index (χ1v) is 8.96. The summed E-state index contributed by atoms with van der Waals surface area (Å²) in [5.41, 5.74) is 2.22. The van der Waals surface area contributed by atoms with Gasteiger partial charge >= 0.3 is 5.97 Å². The van der Waals surface area contributed by atoms with E-state index in [9.17, 15) is 4.79 Å². The highest BCUT2D eigenvalue weighted by Crippen LogP contribution is 2.37. The molecule has 0 saturated carbocycles. The van der Waals surface area contributed by atoms with Gasteiger partial charge < -0.3 is 10.1 Å². The number of ether oxygens (including phenoxy) is 1. The molecule has 24 heavy (non-hydrogen) atoms. The van der Waals surface area contributed by atoms with Crippen LogP contribution in [-0.4, -0.2) is 43.9 Å². The lowest BCUT2D eigenvalue weighted by molar-refractivity contribution is -0.136.